The number of H-pyrrole nitrogens is 1. The summed E-state index contributed by atoms with van der Waals surface area (Å²) < 4.78 is 0. The minimum absolute atomic E-state index is 0.0811. The molecule has 0 atom stereocenters. The van der Waals surface area contributed by atoms with E-state index in [2.05, 4.69) is 42.1 Å². The molecule has 144 valence electrons. The van der Waals surface area contributed by atoms with E-state index in [1.807, 2.05) is 24.3 Å². The van der Waals surface area contributed by atoms with Crippen LogP contribution in [0, 0.1) is 5.92 Å². The molecule has 1 aromatic heterocycles. The zero-order chi connectivity index (χ0) is 19.8. The Hall–Kier alpha value is -3.08. The van der Waals surface area contributed by atoms with Crippen LogP contribution in [0.2, 0.25) is 0 Å². The molecule has 0 aliphatic carbocycles. The van der Waals surface area contributed by atoms with Gasteiger partial charge in [-0.2, -0.15) is 0 Å². The maximum atomic E-state index is 12.5. The van der Waals surface area contributed by atoms with Gasteiger partial charge in [-0.25, -0.2) is 0 Å². The highest BCUT2D eigenvalue weighted by molar-refractivity contribution is 6.01. The number of likely N-dealkylation sites (N-methyl/N-ethyl adjacent to an activating group) is 1. The molecule has 1 N–H and O–H groups in total. The van der Waals surface area contributed by atoms with Crippen molar-refractivity contribution in [3.05, 3.63) is 70.3 Å². The van der Waals surface area contributed by atoms with Crippen LogP contribution in [-0.4, -0.2) is 35.9 Å². The number of carbonyl (C=O) groups is 1. The second-order valence-electron chi connectivity index (χ2n) is 7.94. The molecule has 5 heteroatoms. The van der Waals surface area contributed by atoms with Crippen LogP contribution >= 0.6 is 0 Å². The molecule has 28 heavy (non-hydrogen) atoms. The van der Waals surface area contributed by atoms with Crippen molar-refractivity contribution in [2.24, 2.45) is 5.92 Å². The van der Waals surface area contributed by atoms with Crippen molar-refractivity contribution < 1.29 is 4.79 Å². The molecule has 1 amide bonds. The Labute approximate surface area is 165 Å². The van der Waals surface area contributed by atoms with E-state index in [0.29, 0.717) is 17.9 Å². The molecule has 4 rings (SSSR count). The zero-order valence-corrected chi connectivity index (χ0v) is 16.5. The summed E-state index contributed by atoms with van der Waals surface area (Å²) in [5, 5.41) is 0. The maximum absolute atomic E-state index is 12.5. The normalized spacial score (nSPS) is 16.0. The van der Waals surface area contributed by atoms with Crippen LogP contribution in [-0.2, 0) is 11.2 Å². The van der Waals surface area contributed by atoms with Gasteiger partial charge in [0.05, 0.1) is 6.42 Å². The van der Waals surface area contributed by atoms with Crippen LogP contribution < -0.4 is 10.5 Å². The molecule has 5 nitrogen and oxygen atoms in total. The molecule has 0 spiro atoms. The number of aromatic amines is 1. The first kappa shape index (κ1) is 18.3. The minimum atomic E-state index is -0.124. The molecule has 0 saturated carbocycles. The molecule has 0 unspecified atom stereocenters. The van der Waals surface area contributed by atoms with E-state index in [-0.39, 0.29) is 11.5 Å². The third-order valence-corrected chi connectivity index (χ3v) is 5.26. The van der Waals surface area contributed by atoms with Crippen LogP contribution in [0.5, 0.6) is 0 Å². The van der Waals surface area contributed by atoms with E-state index in [1.54, 1.807) is 18.1 Å². The lowest BCUT2D eigenvalue weighted by atomic mass is 9.99. The van der Waals surface area contributed by atoms with Crippen LogP contribution in [0.15, 0.2) is 53.6 Å². The van der Waals surface area contributed by atoms with E-state index in [9.17, 15) is 9.59 Å². The summed E-state index contributed by atoms with van der Waals surface area (Å²) in [5.74, 6) is 0.667. The number of fused-ring (bicyclic) bond motifs is 1. The summed E-state index contributed by atoms with van der Waals surface area (Å²) in [6, 6.07) is 7.74. The Bertz CT molecular complexity index is 1050. The maximum Gasteiger partial charge on any atom is 0.255 e. The smallest absolute Gasteiger partial charge is 0.255 e. The van der Waals surface area contributed by atoms with E-state index in [4.69, 9.17) is 0 Å². The van der Waals surface area contributed by atoms with Gasteiger partial charge in [-0.15, -0.1) is 0 Å². The van der Waals surface area contributed by atoms with Crippen molar-refractivity contribution in [1.29, 1.82) is 0 Å². The third-order valence-electron chi connectivity index (χ3n) is 5.26. The van der Waals surface area contributed by atoms with Crippen molar-refractivity contribution in [2.45, 2.75) is 20.3 Å². The molecule has 0 fully saturated rings. The van der Waals surface area contributed by atoms with Crippen LogP contribution in [0.3, 0.4) is 0 Å². The summed E-state index contributed by atoms with van der Waals surface area (Å²) in [4.78, 5) is 31.3. The average Bonchev–Trinajstić information content (AvgIpc) is 2.95. The Kier molecular flexibility index (Phi) is 4.67. The second-order valence-corrected chi connectivity index (χ2v) is 7.94. The van der Waals surface area contributed by atoms with Crippen molar-refractivity contribution >= 4 is 17.2 Å². The van der Waals surface area contributed by atoms with Crippen LogP contribution in [0.4, 0.5) is 5.69 Å². The zero-order valence-electron chi connectivity index (χ0n) is 16.5. The number of amides is 1. The van der Waals surface area contributed by atoms with Gasteiger partial charge < -0.3 is 14.8 Å². The van der Waals surface area contributed by atoms with Crippen LogP contribution in [0.1, 0.15) is 25.0 Å². The monoisotopic (exact) mass is 375 g/mol. The molecular formula is C23H25N3O2. The van der Waals surface area contributed by atoms with Gasteiger partial charge in [0, 0.05) is 49.3 Å². The largest absolute Gasteiger partial charge is 0.373 e. The summed E-state index contributed by atoms with van der Waals surface area (Å²) in [6.45, 7) is 6.32. The number of hydrogen-bond acceptors (Lipinski definition) is 3. The molecule has 2 aliphatic heterocycles. The molecule has 0 bridgehead atoms. The first-order valence-electron chi connectivity index (χ1n) is 9.68. The summed E-state index contributed by atoms with van der Waals surface area (Å²) in [6.07, 6.45) is 8.57. The summed E-state index contributed by atoms with van der Waals surface area (Å²) in [5.41, 5.74) is 5.29. The summed E-state index contributed by atoms with van der Waals surface area (Å²) >= 11 is 0. The molecule has 0 saturated heterocycles. The van der Waals surface area contributed by atoms with Gasteiger partial charge in [0.25, 0.3) is 5.56 Å². The lowest BCUT2D eigenvalue weighted by Gasteiger charge is -2.25. The number of nitrogens with one attached hydrogen (secondary N) is 1. The molecule has 2 aromatic rings. The Morgan fingerprint density at radius 2 is 1.96 bits per heavy atom. The molecule has 2 aliphatic rings. The van der Waals surface area contributed by atoms with Gasteiger partial charge in [-0.3, -0.25) is 9.59 Å². The molecular weight excluding hydrogens is 350 g/mol. The standard InChI is InChI=1S/C23H25N3O2/c1-15(2)13-26-8-4-5-17(14-26)19-10-20(23(28)24-12-19)16-6-7-21-18(9-16)11-22(27)25(21)3/h4-7,9-10,12,14-15H,8,11,13H2,1-3H3,(H,24,28). The van der Waals surface area contributed by atoms with Gasteiger partial charge in [-0.1, -0.05) is 32.1 Å². The fourth-order valence-electron chi connectivity index (χ4n) is 3.88. The van der Waals surface area contributed by atoms with Crippen molar-refractivity contribution in [2.75, 3.05) is 25.0 Å². The quantitative estimate of drug-likeness (QED) is 0.891. The number of aromatic nitrogens is 1. The van der Waals surface area contributed by atoms with E-state index >= 15 is 0 Å². The van der Waals surface area contributed by atoms with Crippen molar-refractivity contribution in [3.63, 3.8) is 0 Å². The van der Waals surface area contributed by atoms with Crippen molar-refractivity contribution in [3.8, 4) is 11.1 Å². The third kappa shape index (κ3) is 3.40. The van der Waals surface area contributed by atoms with Gasteiger partial charge in [0.2, 0.25) is 5.91 Å². The Balaban J connectivity index is 1.70. The van der Waals surface area contributed by atoms with Gasteiger partial charge in [0.1, 0.15) is 0 Å². The number of carbonyl (C=O) groups excluding carboxylic acids is 1. The fraction of sp³-hybridized carbons (Fsp3) is 0.304. The number of pyridine rings is 1. The summed E-state index contributed by atoms with van der Waals surface area (Å²) in [7, 11) is 1.78. The highest BCUT2D eigenvalue weighted by atomic mass is 16.2. The van der Waals surface area contributed by atoms with Gasteiger partial charge >= 0.3 is 0 Å². The predicted octanol–water partition coefficient (Wildman–Crippen LogP) is 3.43. The number of hydrogen-bond donors (Lipinski definition) is 1. The number of rotatable bonds is 4. The Morgan fingerprint density at radius 1 is 1.14 bits per heavy atom. The van der Waals surface area contributed by atoms with Crippen LogP contribution in [0.25, 0.3) is 16.7 Å². The second kappa shape index (κ2) is 7.15. The number of benzene rings is 1. The molecule has 0 radical (unpaired) electrons. The highest BCUT2D eigenvalue weighted by Crippen LogP contribution is 2.32. The number of nitrogens with zero attached hydrogens (tertiary/aromatic N) is 2. The van der Waals surface area contributed by atoms with E-state index in [1.165, 1.54) is 0 Å². The van der Waals surface area contributed by atoms with Crippen molar-refractivity contribution in [1.82, 2.24) is 9.88 Å². The fourth-order valence-corrected chi connectivity index (χ4v) is 3.88. The predicted molar refractivity (Wildman–Crippen MR) is 113 cm³/mol. The Morgan fingerprint density at radius 3 is 2.75 bits per heavy atom. The SMILES string of the molecule is CC(C)CN1C=C(c2c[nH]c(=O)c(-c3ccc4c(c3)CC(=O)N4C)c2)C=CC1. The number of allylic oxidation sites excluding steroid dienone is 2. The van der Waals surface area contributed by atoms with E-state index in [0.717, 1.165) is 41.0 Å². The molecule has 3 heterocycles. The molecule has 1 aromatic carbocycles. The topological polar surface area (TPSA) is 56.4 Å². The first-order valence-corrected chi connectivity index (χ1v) is 9.68. The average molecular weight is 375 g/mol. The lowest BCUT2D eigenvalue weighted by Crippen LogP contribution is -2.24. The minimum Gasteiger partial charge on any atom is -0.373 e. The first-order chi connectivity index (χ1) is 13.4. The lowest BCUT2D eigenvalue weighted by molar-refractivity contribution is -0.117. The number of anilines is 1. The van der Waals surface area contributed by atoms with E-state index < -0.39 is 0 Å². The van der Waals surface area contributed by atoms with Gasteiger partial charge in [0.15, 0.2) is 0 Å². The van der Waals surface area contributed by atoms with Gasteiger partial charge in [-0.05, 0) is 40.8 Å². The highest BCUT2D eigenvalue weighted by Gasteiger charge is 2.24.